The van der Waals surface area contributed by atoms with Gasteiger partial charge in [0.05, 0.1) is 5.56 Å². The van der Waals surface area contributed by atoms with E-state index in [4.69, 9.17) is 0 Å². The molecule has 2 unspecified atom stereocenters. The predicted octanol–water partition coefficient (Wildman–Crippen LogP) is 3.77. The van der Waals surface area contributed by atoms with Crippen LogP contribution < -0.4 is 0 Å². The maximum Gasteiger partial charge on any atom is 0.183 e. The Kier molecular flexibility index (Phi) is 3.66. The van der Waals surface area contributed by atoms with E-state index in [2.05, 4.69) is 18.2 Å². The lowest BCUT2D eigenvalue weighted by Crippen LogP contribution is -2.31. The fraction of sp³-hybridized carbons (Fsp3) is 0.0952. The van der Waals surface area contributed by atoms with Crippen molar-refractivity contribution in [2.24, 2.45) is 5.92 Å². The van der Waals surface area contributed by atoms with Crippen molar-refractivity contribution < 1.29 is 9.59 Å². The molecule has 0 saturated carbocycles. The van der Waals surface area contributed by atoms with E-state index in [1.54, 1.807) is 6.07 Å². The first kappa shape index (κ1) is 15.0. The third-order valence-corrected chi connectivity index (χ3v) is 7.09. The number of allylic oxidation sites excluding steroid dienone is 4. The number of hydrogen-bond donors (Lipinski definition) is 0. The molecule has 1 aliphatic heterocycles. The summed E-state index contributed by atoms with van der Waals surface area (Å²) in [6.45, 7) is 1.54. The molecule has 2 aliphatic rings. The molecule has 2 aromatic rings. The van der Waals surface area contributed by atoms with Crippen LogP contribution in [0.15, 0.2) is 82.6 Å². The van der Waals surface area contributed by atoms with E-state index in [0.717, 1.165) is 4.90 Å². The zero-order valence-corrected chi connectivity index (χ0v) is 14.2. The summed E-state index contributed by atoms with van der Waals surface area (Å²) in [6.07, 6.45) is 8.00. The molecule has 1 aliphatic carbocycles. The molecule has 2 aromatic carbocycles. The van der Waals surface area contributed by atoms with E-state index >= 15 is 0 Å². The van der Waals surface area contributed by atoms with Gasteiger partial charge in [-0.05, 0) is 43.3 Å². The van der Waals surface area contributed by atoms with E-state index in [0.29, 0.717) is 11.1 Å². The molecule has 0 spiro atoms. The second-order valence-electron chi connectivity index (χ2n) is 5.97. The number of Topliss-reactive ketones (excluding diaryl/α,β-unsaturated/α-hetero) is 2. The molecule has 0 saturated heterocycles. The van der Waals surface area contributed by atoms with Crippen molar-refractivity contribution in [2.75, 3.05) is 0 Å². The zero-order valence-electron chi connectivity index (χ0n) is 13.3. The maximum atomic E-state index is 13.0. The summed E-state index contributed by atoms with van der Waals surface area (Å²) in [5.74, 6) is -0.127. The summed E-state index contributed by atoms with van der Waals surface area (Å²) in [6, 6.07) is 15.9. The summed E-state index contributed by atoms with van der Waals surface area (Å²) in [4.78, 5) is 28.2. The summed E-state index contributed by atoms with van der Waals surface area (Å²) in [5.41, 5.74) is 1.30. The number of carbonyl (C=O) groups excluding carboxylic acids is 2. The van der Waals surface area contributed by atoms with Crippen LogP contribution in [-0.4, -0.2) is 16.4 Å². The Morgan fingerprint density at radius 3 is 2.58 bits per heavy atom. The minimum absolute atomic E-state index is 0.0107. The van der Waals surface area contributed by atoms with Crippen molar-refractivity contribution in [3.05, 3.63) is 84.0 Å². The Labute approximate surface area is 143 Å². The van der Waals surface area contributed by atoms with Gasteiger partial charge in [0, 0.05) is 5.56 Å². The summed E-state index contributed by atoms with van der Waals surface area (Å²) >= 11 is 0. The molecule has 0 amide bonds. The molecule has 1 heterocycles. The number of carbonyl (C=O) groups is 2. The van der Waals surface area contributed by atoms with Gasteiger partial charge in [-0.25, -0.2) is 0 Å². The molecule has 3 heteroatoms. The molecule has 0 aromatic heterocycles. The average Bonchev–Trinajstić information content (AvgIpc) is 2.62. The topological polar surface area (TPSA) is 34.1 Å². The Bertz CT molecular complexity index is 949. The highest BCUT2D eigenvalue weighted by Crippen LogP contribution is 2.33. The minimum Gasteiger partial charge on any atom is -0.295 e. The third kappa shape index (κ3) is 2.33. The molecule has 0 radical (unpaired) electrons. The van der Waals surface area contributed by atoms with Crippen LogP contribution in [0.4, 0.5) is 0 Å². The quantitative estimate of drug-likeness (QED) is 0.363. The van der Waals surface area contributed by atoms with E-state index in [1.807, 2.05) is 48.6 Å². The number of rotatable bonds is 2. The SMILES string of the molecule is CC(=O)c1ccc2c(c1)C(=O)C1C=CC=CC1=[SH+]2c1ccccc1. The highest BCUT2D eigenvalue weighted by atomic mass is 32.2. The lowest BCUT2D eigenvalue weighted by molar-refractivity contribution is 0.0969. The first-order valence-corrected chi connectivity index (χ1v) is 9.27. The smallest absolute Gasteiger partial charge is 0.183 e. The van der Waals surface area contributed by atoms with E-state index in [-0.39, 0.29) is 17.5 Å². The maximum absolute atomic E-state index is 13.0. The van der Waals surface area contributed by atoms with Crippen molar-refractivity contribution in [3.63, 3.8) is 0 Å². The second kappa shape index (κ2) is 5.84. The van der Waals surface area contributed by atoms with Crippen LogP contribution in [0.5, 0.6) is 0 Å². The zero-order chi connectivity index (χ0) is 16.7. The van der Waals surface area contributed by atoms with Crippen molar-refractivity contribution in [1.29, 1.82) is 0 Å². The van der Waals surface area contributed by atoms with Crippen LogP contribution in [0, 0.1) is 5.92 Å². The van der Waals surface area contributed by atoms with Crippen LogP contribution >= 0.6 is 0 Å². The normalized spacial score (nSPS) is 21.4. The molecule has 0 N–H and O–H groups in total. The van der Waals surface area contributed by atoms with Crippen LogP contribution in [0.25, 0.3) is 0 Å². The molecule has 0 bridgehead atoms. The highest BCUT2D eigenvalue weighted by molar-refractivity contribution is 7.97. The number of hydrogen-bond acceptors (Lipinski definition) is 2. The highest BCUT2D eigenvalue weighted by Gasteiger charge is 2.37. The molecule has 118 valence electrons. The monoisotopic (exact) mass is 333 g/mol. The number of fused-ring (bicyclic) bond motifs is 2. The lowest BCUT2D eigenvalue weighted by Gasteiger charge is -2.23. The Morgan fingerprint density at radius 2 is 1.83 bits per heavy atom. The molecule has 0 fully saturated rings. The van der Waals surface area contributed by atoms with Gasteiger partial charge >= 0.3 is 0 Å². The van der Waals surface area contributed by atoms with E-state index in [1.165, 1.54) is 16.7 Å². The van der Waals surface area contributed by atoms with Gasteiger partial charge in [0.25, 0.3) is 0 Å². The van der Waals surface area contributed by atoms with Crippen molar-refractivity contribution >= 4 is 26.9 Å². The summed E-state index contributed by atoms with van der Waals surface area (Å²) in [7, 11) is -0.752. The Hall–Kier alpha value is -2.52. The van der Waals surface area contributed by atoms with Gasteiger partial charge in [-0.3, -0.25) is 9.59 Å². The molecular weight excluding hydrogens is 316 g/mol. The molecule has 4 rings (SSSR count). The lowest BCUT2D eigenvalue weighted by atomic mass is 9.90. The van der Waals surface area contributed by atoms with Gasteiger partial charge in [-0.1, -0.05) is 46.9 Å². The molecule has 2 nitrogen and oxygen atoms in total. The predicted molar refractivity (Wildman–Crippen MR) is 99.3 cm³/mol. The molecule has 2 atom stereocenters. The third-order valence-electron chi connectivity index (χ3n) is 4.46. The van der Waals surface area contributed by atoms with Crippen molar-refractivity contribution in [2.45, 2.75) is 16.7 Å². The molecule has 24 heavy (non-hydrogen) atoms. The molecular formula is C21H17O2S+. The van der Waals surface area contributed by atoms with Crippen molar-refractivity contribution in [3.8, 4) is 0 Å². The van der Waals surface area contributed by atoms with Crippen LogP contribution in [-0.2, 0) is 10.5 Å². The van der Waals surface area contributed by atoms with Gasteiger partial charge < -0.3 is 0 Å². The number of ketones is 2. The van der Waals surface area contributed by atoms with Gasteiger partial charge in [0.15, 0.2) is 11.6 Å². The summed E-state index contributed by atoms with van der Waals surface area (Å²) < 4.78 is 0. The minimum atomic E-state index is -0.752. The van der Waals surface area contributed by atoms with Crippen LogP contribution in [0.3, 0.4) is 0 Å². The van der Waals surface area contributed by atoms with Gasteiger partial charge in [0.2, 0.25) is 0 Å². The Morgan fingerprint density at radius 1 is 1.04 bits per heavy atom. The largest absolute Gasteiger partial charge is 0.295 e. The number of benzene rings is 2. The fourth-order valence-corrected chi connectivity index (χ4v) is 5.97. The second-order valence-corrected chi connectivity index (χ2v) is 8.16. The average molecular weight is 333 g/mol. The van der Waals surface area contributed by atoms with Crippen LogP contribution in [0.1, 0.15) is 27.6 Å². The Balaban J connectivity index is 2.03. The standard InChI is InChI=1S/C21H16O2S/c1-14(22)15-11-12-20-18(13-15)21(23)17-9-5-6-10-19(17)24(20)16-7-3-2-4-8-16/h2-13,17H,1H3/p+1. The van der Waals surface area contributed by atoms with Gasteiger partial charge in [-0.15, -0.1) is 0 Å². The van der Waals surface area contributed by atoms with Crippen LogP contribution in [0.2, 0.25) is 0 Å². The summed E-state index contributed by atoms with van der Waals surface area (Å²) in [5, 5.41) is 0. The van der Waals surface area contributed by atoms with E-state index < -0.39 is 10.5 Å². The van der Waals surface area contributed by atoms with Gasteiger partial charge in [0.1, 0.15) is 20.6 Å². The van der Waals surface area contributed by atoms with E-state index in [9.17, 15) is 9.59 Å². The fourth-order valence-electron chi connectivity index (χ4n) is 3.29. The number of thiol groups is 1. The van der Waals surface area contributed by atoms with Crippen molar-refractivity contribution in [1.82, 2.24) is 0 Å². The first-order chi connectivity index (χ1) is 11.7. The van der Waals surface area contributed by atoms with Gasteiger partial charge in [-0.2, -0.15) is 0 Å². The first-order valence-electron chi connectivity index (χ1n) is 7.93.